The minimum Gasteiger partial charge on any atom is -0.309 e. The Morgan fingerprint density at radius 3 is 2.76 bits per heavy atom. The van der Waals surface area contributed by atoms with Crippen molar-refractivity contribution in [3.63, 3.8) is 0 Å². The van der Waals surface area contributed by atoms with E-state index in [1.54, 1.807) is 25.1 Å². The molecule has 6 heteroatoms. The lowest BCUT2D eigenvalue weighted by atomic mass is 10.0. The molecular weight excluding hydrogens is 286 g/mol. The van der Waals surface area contributed by atoms with Crippen LogP contribution in [0.25, 0.3) is 0 Å². The summed E-state index contributed by atoms with van der Waals surface area (Å²) in [7, 11) is 0. The zero-order chi connectivity index (χ0) is 12.8. The fourth-order valence-electron chi connectivity index (χ4n) is 1.13. The summed E-state index contributed by atoms with van der Waals surface area (Å²) < 4.78 is 0.775. The Kier molecular flexibility index (Phi) is 4.79. The molecule has 0 spiro atoms. The number of Topliss-reactive ketones (excluding diaryl/α,β-unsaturated/α-hetero) is 1. The molecule has 0 radical (unpaired) electrons. The molecule has 0 saturated carbocycles. The van der Waals surface area contributed by atoms with E-state index in [4.69, 9.17) is 5.26 Å². The molecule has 1 aromatic heterocycles. The summed E-state index contributed by atoms with van der Waals surface area (Å²) in [5.74, 6) is -2.01. The molecule has 1 N–H and O–H groups in total. The molecule has 0 saturated heterocycles. The van der Waals surface area contributed by atoms with Crippen LogP contribution < -0.4 is 5.32 Å². The molecule has 1 heterocycles. The molecule has 0 aliphatic heterocycles. The maximum Gasteiger partial charge on any atom is 0.250 e. The van der Waals surface area contributed by atoms with E-state index in [2.05, 4.69) is 26.2 Å². The maximum atomic E-state index is 11.6. The smallest absolute Gasteiger partial charge is 0.250 e. The number of nitrogens with zero attached hydrogens (tertiary/aromatic N) is 2. The van der Waals surface area contributed by atoms with Gasteiger partial charge in [-0.05, 0) is 28.1 Å². The summed E-state index contributed by atoms with van der Waals surface area (Å²) in [6, 6.07) is 4.96. The number of carbonyl (C=O) groups is 2. The zero-order valence-electron chi connectivity index (χ0n) is 9.11. The van der Waals surface area contributed by atoms with Crippen molar-refractivity contribution in [3.05, 3.63) is 22.8 Å². The monoisotopic (exact) mass is 295 g/mol. The van der Waals surface area contributed by atoms with Crippen LogP contribution in [0, 0.1) is 17.2 Å². The first-order valence-electron chi connectivity index (χ1n) is 4.93. The maximum absolute atomic E-state index is 11.6. The molecule has 1 atom stereocenters. The second-order valence-electron chi connectivity index (χ2n) is 3.23. The van der Waals surface area contributed by atoms with Crippen molar-refractivity contribution in [1.82, 2.24) is 4.98 Å². The number of aromatic nitrogens is 1. The topological polar surface area (TPSA) is 82.8 Å². The highest BCUT2D eigenvalue weighted by atomic mass is 79.9. The number of anilines is 1. The van der Waals surface area contributed by atoms with Gasteiger partial charge < -0.3 is 5.32 Å². The van der Waals surface area contributed by atoms with E-state index in [0.29, 0.717) is 5.82 Å². The zero-order valence-corrected chi connectivity index (χ0v) is 10.7. The molecule has 1 rings (SSSR count). The van der Waals surface area contributed by atoms with Crippen molar-refractivity contribution in [2.45, 2.75) is 13.3 Å². The third-order valence-electron chi connectivity index (χ3n) is 2.04. The van der Waals surface area contributed by atoms with Gasteiger partial charge in [0.05, 0.1) is 6.07 Å². The number of carbonyl (C=O) groups excluding carboxylic acids is 2. The van der Waals surface area contributed by atoms with Gasteiger partial charge in [-0.25, -0.2) is 4.98 Å². The third kappa shape index (κ3) is 3.64. The van der Waals surface area contributed by atoms with Gasteiger partial charge in [0.15, 0.2) is 11.7 Å². The van der Waals surface area contributed by atoms with Gasteiger partial charge >= 0.3 is 0 Å². The van der Waals surface area contributed by atoms with Crippen molar-refractivity contribution < 1.29 is 9.59 Å². The highest BCUT2D eigenvalue weighted by Gasteiger charge is 2.24. The SMILES string of the molecule is CCC(=O)C(C#N)C(=O)Nc1ccc(Br)cn1. The van der Waals surface area contributed by atoms with E-state index < -0.39 is 17.6 Å². The Balaban J connectivity index is 2.75. The fraction of sp³-hybridized carbons (Fsp3) is 0.273. The molecule has 1 unspecified atom stereocenters. The third-order valence-corrected chi connectivity index (χ3v) is 2.51. The summed E-state index contributed by atoms with van der Waals surface area (Å²) in [5, 5.41) is 11.2. The molecule has 0 aromatic carbocycles. The number of pyridine rings is 1. The number of hydrogen-bond donors (Lipinski definition) is 1. The number of halogens is 1. The van der Waals surface area contributed by atoms with Crippen molar-refractivity contribution >= 4 is 33.4 Å². The van der Waals surface area contributed by atoms with Crippen molar-refractivity contribution in [2.24, 2.45) is 5.92 Å². The van der Waals surface area contributed by atoms with Crippen molar-refractivity contribution in [3.8, 4) is 6.07 Å². The first-order valence-corrected chi connectivity index (χ1v) is 5.72. The largest absolute Gasteiger partial charge is 0.309 e. The predicted octanol–water partition coefficient (Wildman–Crippen LogP) is 1.90. The van der Waals surface area contributed by atoms with Gasteiger partial charge in [-0.3, -0.25) is 9.59 Å². The van der Waals surface area contributed by atoms with Gasteiger partial charge in [0, 0.05) is 17.1 Å². The standard InChI is InChI=1S/C11H10BrN3O2/c1-2-9(16)8(5-13)11(17)15-10-4-3-7(12)6-14-10/h3-4,6,8H,2H2,1H3,(H,14,15,17). The van der Waals surface area contributed by atoms with Crippen LogP contribution in [0.2, 0.25) is 0 Å². The average molecular weight is 296 g/mol. The van der Waals surface area contributed by atoms with Crippen LogP contribution in [0.1, 0.15) is 13.3 Å². The molecule has 0 bridgehead atoms. The Morgan fingerprint density at radius 2 is 2.29 bits per heavy atom. The number of ketones is 1. The van der Waals surface area contributed by atoms with Crippen LogP contribution >= 0.6 is 15.9 Å². The first-order chi connectivity index (χ1) is 8.08. The Bertz CT molecular complexity index is 465. The van der Waals surface area contributed by atoms with Gasteiger partial charge in [0.2, 0.25) is 0 Å². The number of nitrogens with one attached hydrogen (secondary N) is 1. The number of amides is 1. The van der Waals surface area contributed by atoms with E-state index >= 15 is 0 Å². The summed E-state index contributed by atoms with van der Waals surface area (Å²) in [6.45, 7) is 1.61. The molecule has 17 heavy (non-hydrogen) atoms. The van der Waals surface area contributed by atoms with Gasteiger partial charge in [-0.1, -0.05) is 6.92 Å². The highest BCUT2D eigenvalue weighted by molar-refractivity contribution is 9.10. The summed E-state index contributed by atoms with van der Waals surface area (Å²) in [5.41, 5.74) is 0. The summed E-state index contributed by atoms with van der Waals surface area (Å²) >= 11 is 3.21. The fourth-order valence-corrected chi connectivity index (χ4v) is 1.36. The van der Waals surface area contributed by atoms with E-state index in [9.17, 15) is 9.59 Å². The molecule has 1 amide bonds. The molecular formula is C11H10BrN3O2. The predicted molar refractivity (Wildman–Crippen MR) is 65.0 cm³/mol. The Hall–Kier alpha value is -1.74. The molecule has 5 nitrogen and oxygen atoms in total. The molecule has 0 aliphatic rings. The van der Waals surface area contributed by atoms with Gasteiger partial charge in [-0.2, -0.15) is 5.26 Å². The normalized spacial score (nSPS) is 11.4. The summed E-state index contributed by atoms with van der Waals surface area (Å²) in [4.78, 5) is 26.9. The number of hydrogen-bond acceptors (Lipinski definition) is 4. The minimum atomic E-state index is -1.27. The highest BCUT2D eigenvalue weighted by Crippen LogP contribution is 2.12. The van der Waals surface area contributed by atoms with Crippen molar-refractivity contribution in [1.29, 1.82) is 5.26 Å². The lowest BCUT2D eigenvalue weighted by Gasteiger charge is -2.07. The lowest BCUT2D eigenvalue weighted by Crippen LogP contribution is -2.28. The average Bonchev–Trinajstić information content (AvgIpc) is 2.32. The summed E-state index contributed by atoms with van der Waals surface area (Å²) in [6.07, 6.45) is 1.66. The lowest BCUT2D eigenvalue weighted by molar-refractivity contribution is -0.128. The molecule has 88 valence electrons. The van der Waals surface area contributed by atoms with Crippen LogP contribution in [-0.4, -0.2) is 16.7 Å². The molecule has 0 fully saturated rings. The minimum absolute atomic E-state index is 0.152. The van der Waals surface area contributed by atoms with Gasteiger partial charge in [0.1, 0.15) is 5.82 Å². The van der Waals surface area contributed by atoms with E-state index in [1.807, 2.05) is 0 Å². The van der Waals surface area contributed by atoms with E-state index in [1.165, 1.54) is 6.20 Å². The Morgan fingerprint density at radius 1 is 1.59 bits per heavy atom. The van der Waals surface area contributed by atoms with Crippen molar-refractivity contribution in [2.75, 3.05) is 5.32 Å². The second-order valence-corrected chi connectivity index (χ2v) is 4.15. The number of nitriles is 1. The molecule has 1 aromatic rings. The van der Waals surface area contributed by atoms with Gasteiger partial charge in [0.25, 0.3) is 5.91 Å². The Labute approximate surface area is 107 Å². The van der Waals surface area contributed by atoms with Crippen LogP contribution in [0.4, 0.5) is 5.82 Å². The number of rotatable bonds is 4. The van der Waals surface area contributed by atoms with Gasteiger partial charge in [-0.15, -0.1) is 0 Å². The quantitative estimate of drug-likeness (QED) is 0.860. The van der Waals surface area contributed by atoms with E-state index in [-0.39, 0.29) is 6.42 Å². The van der Waals surface area contributed by atoms with E-state index in [0.717, 1.165) is 4.47 Å². The van der Waals surface area contributed by atoms with Crippen LogP contribution in [0.3, 0.4) is 0 Å². The second kappa shape index (κ2) is 6.11. The van der Waals surface area contributed by atoms with Crippen LogP contribution in [0.5, 0.6) is 0 Å². The first kappa shape index (κ1) is 13.3. The van der Waals surface area contributed by atoms with Crippen LogP contribution in [-0.2, 0) is 9.59 Å². The molecule has 0 aliphatic carbocycles. The van der Waals surface area contributed by atoms with Crippen LogP contribution in [0.15, 0.2) is 22.8 Å².